The van der Waals surface area contributed by atoms with Crippen LogP contribution in [0.2, 0.25) is 0 Å². The summed E-state index contributed by atoms with van der Waals surface area (Å²) in [6, 6.07) is 20.0. The van der Waals surface area contributed by atoms with Crippen LogP contribution in [0.4, 0.5) is 5.69 Å². The maximum Gasteiger partial charge on any atom is 0.258 e. The van der Waals surface area contributed by atoms with Crippen LogP contribution in [-0.2, 0) is 13.1 Å². The second-order valence-corrected chi connectivity index (χ2v) is 9.59. The SMILES string of the molecule is O=C(Nc1c[nH]c(=O)c(-c2cc3cc(CN4CCCC4)ccc3[nH]2)c1)c1cnn(Cc2ccccc2)c1. The van der Waals surface area contributed by atoms with Crippen molar-refractivity contribution in [2.45, 2.75) is 25.9 Å². The van der Waals surface area contributed by atoms with Gasteiger partial charge in [0.15, 0.2) is 0 Å². The highest BCUT2D eigenvalue weighted by Crippen LogP contribution is 2.25. The molecule has 3 aromatic heterocycles. The van der Waals surface area contributed by atoms with Crippen molar-refractivity contribution >= 4 is 22.5 Å². The normalized spacial score (nSPS) is 13.8. The second-order valence-electron chi connectivity index (χ2n) is 9.59. The number of H-pyrrole nitrogens is 2. The lowest BCUT2D eigenvalue weighted by Gasteiger charge is -2.14. The quantitative estimate of drug-likeness (QED) is 0.309. The van der Waals surface area contributed by atoms with E-state index in [1.54, 1.807) is 23.1 Å². The standard InChI is InChI=1S/C29H28N6O2/c36-28(23-15-31-35(19-23)18-20-6-2-1-3-7-20)32-24-14-25(29(37)30-16-24)27-13-22-12-21(8-9-26(22)33-27)17-34-10-4-5-11-34/h1-3,6-9,12-16,19,33H,4-5,10-11,17-18H2,(H,30,37)(H,32,36). The molecule has 37 heavy (non-hydrogen) atoms. The van der Waals surface area contributed by atoms with Crippen LogP contribution in [0.25, 0.3) is 22.2 Å². The number of carbonyl (C=O) groups is 1. The van der Waals surface area contributed by atoms with Crippen LogP contribution in [0.15, 0.2) is 84.0 Å². The van der Waals surface area contributed by atoms with Gasteiger partial charge < -0.3 is 15.3 Å². The van der Waals surface area contributed by atoms with E-state index >= 15 is 0 Å². The topological polar surface area (TPSA) is 98.8 Å². The molecule has 5 aromatic rings. The van der Waals surface area contributed by atoms with Gasteiger partial charge in [0.1, 0.15) is 0 Å². The van der Waals surface area contributed by atoms with Gasteiger partial charge in [-0.25, -0.2) is 0 Å². The Labute approximate surface area is 214 Å². The predicted molar refractivity (Wildman–Crippen MR) is 145 cm³/mol. The van der Waals surface area contributed by atoms with E-state index in [-0.39, 0.29) is 11.5 Å². The Hall–Kier alpha value is -4.43. The molecule has 0 saturated carbocycles. The second kappa shape index (κ2) is 9.91. The molecule has 3 N–H and O–H groups in total. The highest BCUT2D eigenvalue weighted by molar-refractivity contribution is 6.04. The fourth-order valence-electron chi connectivity index (χ4n) is 4.92. The third-order valence-corrected chi connectivity index (χ3v) is 6.82. The number of carbonyl (C=O) groups excluding carboxylic acids is 1. The van der Waals surface area contributed by atoms with E-state index in [2.05, 4.69) is 43.5 Å². The maximum atomic E-state index is 12.9. The summed E-state index contributed by atoms with van der Waals surface area (Å²) in [6.45, 7) is 3.83. The number of hydrogen-bond acceptors (Lipinski definition) is 4. The molecule has 1 fully saturated rings. The number of likely N-dealkylation sites (tertiary alicyclic amines) is 1. The van der Waals surface area contributed by atoms with E-state index in [0.29, 0.717) is 29.1 Å². The summed E-state index contributed by atoms with van der Waals surface area (Å²) in [7, 11) is 0. The van der Waals surface area contributed by atoms with Gasteiger partial charge in [0.2, 0.25) is 0 Å². The van der Waals surface area contributed by atoms with Gasteiger partial charge in [-0.2, -0.15) is 5.10 Å². The summed E-state index contributed by atoms with van der Waals surface area (Å²) in [6.07, 6.45) is 7.30. The zero-order chi connectivity index (χ0) is 25.2. The molecular weight excluding hydrogens is 464 g/mol. The van der Waals surface area contributed by atoms with Gasteiger partial charge >= 0.3 is 0 Å². The molecule has 8 heteroatoms. The lowest BCUT2D eigenvalue weighted by Crippen LogP contribution is -2.18. The number of nitrogens with one attached hydrogen (secondary N) is 3. The summed E-state index contributed by atoms with van der Waals surface area (Å²) in [4.78, 5) is 34.1. The zero-order valence-electron chi connectivity index (χ0n) is 20.4. The number of pyridine rings is 1. The average Bonchev–Trinajstić information content (AvgIpc) is 3.67. The fraction of sp³-hybridized carbons (Fsp3) is 0.207. The third-order valence-electron chi connectivity index (χ3n) is 6.82. The van der Waals surface area contributed by atoms with Crippen LogP contribution in [0, 0.1) is 0 Å². The monoisotopic (exact) mass is 492 g/mol. The van der Waals surface area contributed by atoms with Crippen LogP contribution >= 0.6 is 0 Å². The Balaban J connectivity index is 1.19. The van der Waals surface area contributed by atoms with Crippen molar-refractivity contribution in [1.29, 1.82) is 0 Å². The molecular formula is C29H28N6O2. The number of hydrogen-bond donors (Lipinski definition) is 3. The Morgan fingerprint density at radius 2 is 1.81 bits per heavy atom. The molecule has 4 heterocycles. The zero-order valence-corrected chi connectivity index (χ0v) is 20.4. The molecule has 0 aliphatic carbocycles. The van der Waals surface area contributed by atoms with Crippen molar-refractivity contribution < 1.29 is 4.79 Å². The first-order valence-corrected chi connectivity index (χ1v) is 12.6. The number of amides is 1. The molecule has 0 spiro atoms. The third kappa shape index (κ3) is 5.10. The molecule has 0 unspecified atom stereocenters. The smallest absolute Gasteiger partial charge is 0.258 e. The van der Waals surface area contributed by atoms with Crippen molar-refractivity contribution in [1.82, 2.24) is 24.6 Å². The summed E-state index contributed by atoms with van der Waals surface area (Å²) >= 11 is 0. The molecule has 1 aliphatic rings. The summed E-state index contributed by atoms with van der Waals surface area (Å²) in [5.41, 5.74) is 5.24. The number of aromatic amines is 2. The molecule has 186 valence electrons. The van der Waals surface area contributed by atoms with Gasteiger partial charge in [-0.05, 0) is 61.3 Å². The van der Waals surface area contributed by atoms with E-state index in [1.165, 1.54) is 24.6 Å². The van der Waals surface area contributed by atoms with Crippen molar-refractivity contribution in [3.63, 3.8) is 0 Å². The minimum absolute atomic E-state index is 0.225. The van der Waals surface area contributed by atoms with E-state index < -0.39 is 0 Å². The minimum Gasteiger partial charge on any atom is -0.354 e. The largest absolute Gasteiger partial charge is 0.354 e. The van der Waals surface area contributed by atoms with E-state index in [9.17, 15) is 9.59 Å². The highest BCUT2D eigenvalue weighted by Gasteiger charge is 2.15. The molecule has 8 nitrogen and oxygen atoms in total. The first kappa shape index (κ1) is 23.0. The van der Waals surface area contributed by atoms with Crippen LogP contribution in [-0.4, -0.2) is 43.6 Å². The highest BCUT2D eigenvalue weighted by atomic mass is 16.1. The molecule has 0 radical (unpaired) electrons. The molecule has 0 atom stereocenters. The van der Waals surface area contributed by atoms with Gasteiger partial charge in [-0.3, -0.25) is 19.2 Å². The van der Waals surface area contributed by atoms with Crippen molar-refractivity contribution in [2.24, 2.45) is 0 Å². The number of benzene rings is 2. The summed E-state index contributed by atoms with van der Waals surface area (Å²) < 4.78 is 1.73. The number of fused-ring (bicyclic) bond motifs is 1. The lowest BCUT2D eigenvalue weighted by atomic mass is 10.1. The van der Waals surface area contributed by atoms with Crippen LogP contribution < -0.4 is 10.9 Å². The molecule has 1 amide bonds. The maximum absolute atomic E-state index is 12.9. The average molecular weight is 493 g/mol. The fourth-order valence-corrected chi connectivity index (χ4v) is 4.92. The Morgan fingerprint density at radius 1 is 0.973 bits per heavy atom. The van der Waals surface area contributed by atoms with Gasteiger partial charge in [-0.1, -0.05) is 36.4 Å². The Bertz CT molecular complexity index is 1610. The number of aromatic nitrogens is 4. The minimum atomic E-state index is -0.291. The van der Waals surface area contributed by atoms with Gasteiger partial charge in [0, 0.05) is 29.8 Å². The van der Waals surface area contributed by atoms with Crippen molar-refractivity contribution in [2.75, 3.05) is 18.4 Å². The van der Waals surface area contributed by atoms with Crippen molar-refractivity contribution in [3.05, 3.63) is 106 Å². The summed E-state index contributed by atoms with van der Waals surface area (Å²) in [5.74, 6) is -0.291. The molecule has 2 aromatic carbocycles. The van der Waals surface area contributed by atoms with Crippen LogP contribution in [0.5, 0.6) is 0 Å². The van der Waals surface area contributed by atoms with Crippen molar-refractivity contribution in [3.8, 4) is 11.3 Å². The first-order valence-electron chi connectivity index (χ1n) is 12.6. The van der Waals surface area contributed by atoms with E-state index in [1.807, 2.05) is 36.4 Å². The Morgan fingerprint density at radius 3 is 2.65 bits per heavy atom. The van der Waals surface area contributed by atoms with Crippen LogP contribution in [0.3, 0.4) is 0 Å². The predicted octanol–water partition coefficient (Wildman–Crippen LogP) is 4.62. The number of anilines is 1. The van der Waals surface area contributed by atoms with E-state index in [4.69, 9.17) is 0 Å². The molecule has 6 rings (SSSR count). The Kier molecular flexibility index (Phi) is 6.16. The van der Waals surface area contributed by atoms with Gasteiger partial charge in [0.05, 0.1) is 35.2 Å². The number of nitrogens with zero attached hydrogens (tertiary/aromatic N) is 3. The first-order chi connectivity index (χ1) is 18.1. The number of rotatable bonds is 7. The molecule has 1 aliphatic heterocycles. The summed E-state index contributed by atoms with van der Waals surface area (Å²) in [5, 5.41) is 8.24. The van der Waals surface area contributed by atoms with Gasteiger partial charge in [0.25, 0.3) is 11.5 Å². The van der Waals surface area contributed by atoms with E-state index in [0.717, 1.165) is 36.1 Å². The molecule has 0 bridgehead atoms. The van der Waals surface area contributed by atoms with Crippen LogP contribution in [0.1, 0.15) is 34.3 Å². The lowest BCUT2D eigenvalue weighted by molar-refractivity contribution is 0.102. The molecule has 1 saturated heterocycles. The van der Waals surface area contributed by atoms with Gasteiger partial charge in [-0.15, -0.1) is 0 Å².